The van der Waals surface area contributed by atoms with Gasteiger partial charge < -0.3 is 15.0 Å². The first-order valence-corrected chi connectivity index (χ1v) is 15.2. The Kier molecular flexibility index (Phi) is 10.6. The summed E-state index contributed by atoms with van der Waals surface area (Å²) in [6.07, 6.45) is 0.350. The molecule has 0 aliphatic heterocycles. The second kappa shape index (κ2) is 13.7. The minimum atomic E-state index is -4.12. The van der Waals surface area contributed by atoms with Crippen LogP contribution in [0.25, 0.3) is 0 Å². The summed E-state index contributed by atoms with van der Waals surface area (Å²) in [7, 11) is -2.56. The number of anilines is 1. The van der Waals surface area contributed by atoms with Gasteiger partial charge in [0.05, 0.1) is 17.7 Å². The Bertz CT molecular complexity index is 1450. The molecule has 8 nitrogen and oxygen atoms in total. The van der Waals surface area contributed by atoms with Crippen molar-refractivity contribution in [3.05, 3.63) is 89.0 Å². The largest absolute Gasteiger partial charge is 0.497 e. The summed E-state index contributed by atoms with van der Waals surface area (Å²) in [5.74, 6) is -0.167. The van der Waals surface area contributed by atoms with Gasteiger partial charge in [-0.3, -0.25) is 13.9 Å². The Morgan fingerprint density at radius 3 is 2.10 bits per heavy atom. The van der Waals surface area contributed by atoms with E-state index in [0.717, 1.165) is 26.6 Å². The molecule has 41 heavy (non-hydrogen) atoms. The molecule has 0 aromatic heterocycles. The zero-order valence-corrected chi connectivity index (χ0v) is 25.8. The van der Waals surface area contributed by atoms with Crippen LogP contribution in [0.3, 0.4) is 0 Å². The van der Waals surface area contributed by atoms with Gasteiger partial charge in [-0.15, -0.1) is 0 Å². The molecule has 0 fully saturated rings. The first-order chi connectivity index (χ1) is 19.3. The second-order valence-corrected chi connectivity index (χ2v) is 12.5. The Balaban J connectivity index is 2.10. The fourth-order valence-corrected chi connectivity index (χ4v) is 6.13. The quantitative estimate of drug-likeness (QED) is 0.320. The van der Waals surface area contributed by atoms with Crippen LogP contribution in [-0.2, 0) is 26.2 Å². The summed E-state index contributed by atoms with van der Waals surface area (Å²) >= 11 is 0. The Hall–Kier alpha value is -3.85. The lowest BCUT2D eigenvalue weighted by atomic mass is 10.1. The van der Waals surface area contributed by atoms with Crippen LogP contribution in [0.1, 0.15) is 49.4 Å². The number of ether oxygens (including phenoxy) is 1. The number of nitrogens with zero attached hydrogens (tertiary/aromatic N) is 2. The molecule has 3 aromatic rings. The van der Waals surface area contributed by atoms with E-state index in [-0.39, 0.29) is 23.4 Å². The average molecular weight is 580 g/mol. The number of hydrogen-bond acceptors (Lipinski definition) is 5. The minimum absolute atomic E-state index is 0.0824. The smallest absolute Gasteiger partial charge is 0.264 e. The number of methoxy groups -OCH3 is 1. The van der Waals surface area contributed by atoms with Crippen LogP contribution in [-0.4, -0.2) is 50.9 Å². The number of carbonyl (C=O) groups excluding carboxylic acids is 2. The maximum absolute atomic E-state index is 14.2. The molecular weight excluding hydrogens is 538 g/mol. The fraction of sp³-hybridized carbons (Fsp3) is 0.375. The van der Waals surface area contributed by atoms with Crippen molar-refractivity contribution < 1.29 is 22.7 Å². The monoisotopic (exact) mass is 579 g/mol. The summed E-state index contributed by atoms with van der Waals surface area (Å²) in [5, 5.41) is 2.91. The lowest BCUT2D eigenvalue weighted by Gasteiger charge is -2.33. The molecule has 0 aliphatic rings. The fourth-order valence-electron chi connectivity index (χ4n) is 4.73. The van der Waals surface area contributed by atoms with E-state index in [4.69, 9.17) is 4.74 Å². The van der Waals surface area contributed by atoms with Crippen LogP contribution in [0.5, 0.6) is 5.75 Å². The summed E-state index contributed by atoms with van der Waals surface area (Å²) in [6.45, 7) is 10.8. The number of carbonyl (C=O) groups is 2. The maximum Gasteiger partial charge on any atom is 0.264 e. The summed E-state index contributed by atoms with van der Waals surface area (Å²) < 4.78 is 34.6. The van der Waals surface area contributed by atoms with E-state index in [0.29, 0.717) is 17.9 Å². The van der Waals surface area contributed by atoms with E-state index in [1.165, 1.54) is 4.90 Å². The van der Waals surface area contributed by atoms with E-state index in [1.54, 1.807) is 55.6 Å². The van der Waals surface area contributed by atoms with E-state index < -0.39 is 28.5 Å². The number of aryl methyl sites for hydroxylation is 3. The molecule has 220 valence electrons. The van der Waals surface area contributed by atoms with Crippen molar-refractivity contribution in [3.8, 4) is 5.75 Å². The van der Waals surface area contributed by atoms with Gasteiger partial charge in [-0.2, -0.15) is 0 Å². The minimum Gasteiger partial charge on any atom is -0.497 e. The predicted octanol–water partition coefficient (Wildman–Crippen LogP) is 5.15. The van der Waals surface area contributed by atoms with Crippen molar-refractivity contribution in [3.63, 3.8) is 0 Å². The van der Waals surface area contributed by atoms with Crippen molar-refractivity contribution in [2.75, 3.05) is 18.0 Å². The van der Waals surface area contributed by atoms with Gasteiger partial charge in [0, 0.05) is 12.6 Å². The third-order valence-corrected chi connectivity index (χ3v) is 8.47. The lowest BCUT2D eigenvalue weighted by Crippen LogP contribution is -2.53. The number of hydrogen-bond donors (Lipinski definition) is 1. The van der Waals surface area contributed by atoms with E-state index in [1.807, 2.05) is 59.7 Å². The second-order valence-electron chi connectivity index (χ2n) is 10.6. The summed E-state index contributed by atoms with van der Waals surface area (Å²) in [5.41, 5.74) is 3.80. The lowest BCUT2D eigenvalue weighted by molar-refractivity contribution is -0.140. The third-order valence-electron chi connectivity index (χ3n) is 6.69. The van der Waals surface area contributed by atoms with Crippen molar-refractivity contribution in [1.82, 2.24) is 10.2 Å². The topological polar surface area (TPSA) is 96.0 Å². The number of amides is 2. The normalized spacial score (nSPS) is 12.1. The molecule has 1 N–H and O–H groups in total. The van der Waals surface area contributed by atoms with Crippen LogP contribution in [0.15, 0.2) is 71.6 Å². The maximum atomic E-state index is 14.2. The number of rotatable bonds is 12. The van der Waals surface area contributed by atoms with Gasteiger partial charge in [0.15, 0.2) is 0 Å². The number of sulfonamides is 1. The molecule has 0 unspecified atom stereocenters. The van der Waals surface area contributed by atoms with Crippen molar-refractivity contribution in [1.29, 1.82) is 0 Å². The highest BCUT2D eigenvalue weighted by Gasteiger charge is 2.34. The number of benzene rings is 3. The highest BCUT2D eigenvalue weighted by atomic mass is 32.2. The highest BCUT2D eigenvalue weighted by molar-refractivity contribution is 7.92. The Morgan fingerprint density at radius 2 is 1.54 bits per heavy atom. The summed E-state index contributed by atoms with van der Waals surface area (Å²) in [6, 6.07) is 18.3. The van der Waals surface area contributed by atoms with Gasteiger partial charge in [-0.25, -0.2) is 8.42 Å². The highest BCUT2D eigenvalue weighted by Crippen LogP contribution is 2.27. The van der Waals surface area contributed by atoms with Gasteiger partial charge in [-0.05, 0) is 94.1 Å². The molecule has 1 atom stereocenters. The molecule has 2 amide bonds. The first-order valence-electron chi connectivity index (χ1n) is 13.8. The molecule has 0 spiro atoms. The van der Waals surface area contributed by atoms with Crippen molar-refractivity contribution in [2.45, 2.75) is 71.5 Å². The zero-order valence-electron chi connectivity index (χ0n) is 25.0. The van der Waals surface area contributed by atoms with Gasteiger partial charge in [0.1, 0.15) is 18.3 Å². The standard InChI is InChI=1S/C32H41N3O5S/c1-8-30(32(37)33-22(2)3)34(20-26-10-9-11-28(19-26)40-7)31(36)21-35(27-17-24(5)16-25(6)18-27)41(38,39)29-14-12-23(4)13-15-29/h9-19,22,30H,8,20-21H2,1-7H3,(H,33,37)/t30-/m1/s1. The van der Waals surface area contributed by atoms with Gasteiger partial charge in [0.2, 0.25) is 11.8 Å². The third kappa shape index (κ3) is 8.10. The van der Waals surface area contributed by atoms with Crippen LogP contribution in [0, 0.1) is 20.8 Å². The van der Waals surface area contributed by atoms with Crippen LogP contribution in [0.2, 0.25) is 0 Å². The first kappa shape index (κ1) is 31.7. The molecule has 0 heterocycles. The molecule has 3 rings (SSSR count). The van der Waals surface area contributed by atoms with Crippen LogP contribution < -0.4 is 14.4 Å². The van der Waals surface area contributed by atoms with Crippen LogP contribution in [0.4, 0.5) is 5.69 Å². The van der Waals surface area contributed by atoms with Crippen LogP contribution >= 0.6 is 0 Å². The number of nitrogens with one attached hydrogen (secondary N) is 1. The van der Waals surface area contributed by atoms with E-state index in [9.17, 15) is 18.0 Å². The Labute approximate surface area is 244 Å². The molecule has 0 bridgehead atoms. The molecule has 0 saturated heterocycles. The Morgan fingerprint density at radius 1 is 0.902 bits per heavy atom. The molecule has 0 saturated carbocycles. The molecule has 9 heteroatoms. The molecular formula is C32H41N3O5S. The van der Waals surface area contributed by atoms with Crippen molar-refractivity contribution in [2.24, 2.45) is 0 Å². The van der Waals surface area contributed by atoms with Gasteiger partial charge in [0.25, 0.3) is 10.0 Å². The summed E-state index contributed by atoms with van der Waals surface area (Å²) in [4.78, 5) is 29.0. The van der Waals surface area contributed by atoms with Gasteiger partial charge in [-0.1, -0.05) is 42.8 Å². The predicted molar refractivity (Wildman–Crippen MR) is 163 cm³/mol. The average Bonchev–Trinajstić information content (AvgIpc) is 2.90. The molecule has 0 radical (unpaired) electrons. The molecule has 0 aliphatic carbocycles. The zero-order chi connectivity index (χ0) is 30.3. The van der Waals surface area contributed by atoms with Gasteiger partial charge >= 0.3 is 0 Å². The van der Waals surface area contributed by atoms with E-state index >= 15 is 0 Å². The van der Waals surface area contributed by atoms with Crippen molar-refractivity contribution >= 4 is 27.5 Å². The van der Waals surface area contributed by atoms with E-state index in [2.05, 4.69) is 5.32 Å². The molecule has 3 aromatic carbocycles. The SMILES string of the molecule is CC[C@H](C(=O)NC(C)C)N(Cc1cccc(OC)c1)C(=O)CN(c1cc(C)cc(C)c1)S(=O)(=O)c1ccc(C)cc1.